The molecule has 0 fully saturated rings. The van der Waals surface area contributed by atoms with Crippen molar-refractivity contribution in [1.29, 1.82) is 0 Å². The quantitative estimate of drug-likeness (QED) is 0.775. The Morgan fingerprint density at radius 3 is 2.57 bits per heavy atom. The standard InChI is InChI=1S/C12H8BrClF2N2O2S/c13-6-4-8(15)9(17)5-11(6)21(19,20)18-10-3-1-2-7(14)12(10)16/h1-5,18H,17H2. The Bertz CT molecular complexity index is 815. The number of hydrogen-bond acceptors (Lipinski definition) is 3. The molecule has 0 amide bonds. The summed E-state index contributed by atoms with van der Waals surface area (Å²) in [7, 11) is -4.16. The van der Waals surface area contributed by atoms with Crippen LogP contribution in [0, 0.1) is 11.6 Å². The molecule has 3 N–H and O–H groups in total. The SMILES string of the molecule is Nc1cc(S(=O)(=O)Nc2cccc(Cl)c2F)c(Br)cc1F. The molecule has 2 aromatic carbocycles. The van der Waals surface area contributed by atoms with E-state index in [1.54, 1.807) is 0 Å². The number of benzene rings is 2. The summed E-state index contributed by atoms with van der Waals surface area (Å²) in [6.07, 6.45) is 0. The molecule has 21 heavy (non-hydrogen) atoms. The fourth-order valence-electron chi connectivity index (χ4n) is 1.53. The van der Waals surface area contributed by atoms with Gasteiger partial charge in [0.05, 0.1) is 16.4 Å². The zero-order valence-corrected chi connectivity index (χ0v) is 13.4. The van der Waals surface area contributed by atoms with E-state index in [1.165, 1.54) is 18.2 Å². The highest BCUT2D eigenvalue weighted by molar-refractivity contribution is 9.10. The minimum atomic E-state index is -4.16. The number of nitrogens with one attached hydrogen (secondary N) is 1. The molecule has 0 heterocycles. The molecule has 0 aliphatic heterocycles. The number of anilines is 2. The van der Waals surface area contributed by atoms with Crippen molar-refractivity contribution < 1.29 is 17.2 Å². The van der Waals surface area contributed by atoms with Gasteiger partial charge < -0.3 is 5.73 Å². The van der Waals surface area contributed by atoms with E-state index in [4.69, 9.17) is 17.3 Å². The van der Waals surface area contributed by atoms with Gasteiger partial charge in [-0.05, 0) is 40.2 Å². The Hall–Kier alpha value is -1.38. The molecule has 0 aliphatic rings. The largest absolute Gasteiger partial charge is 0.396 e. The molecular formula is C12H8BrClF2N2O2S. The average molecular weight is 398 g/mol. The zero-order chi connectivity index (χ0) is 15.8. The van der Waals surface area contributed by atoms with Crippen LogP contribution in [-0.4, -0.2) is 8.42 Å². The Labute approximate surface area is 133 Å². The third-order valence-corrected chi connectivity index (χ3v) is 5.15. The van der Waals surface area contributed by atoms with E-state index in [1.807, 2.05) is 4.72 Å². The maximum absolute atomic E-state index is 13.7. The lowest BCUT2D eigenvalue weighted by Gasteiger charge is -2.11. The Morgan fingerprint density at radius 1 is 1.24 bits per heavy atom. The van der Waals surface area contributed by atoms with Gasteiger partial charge >= 0.3 is 0 Å². The maximum Gasteiger partial charge on any atom is 0.263 e. The van der Waals surface area contributed by atoms with Crippen molar-refractivity contribution in [3.8, 4) is 0 Å². The monoisotopic (exact) mass is 396 g/mol. The molecule has 0 spiro atoms. The molecule has 0 aliphatic carbocycles. The summed E-state index contributed by atoms with van der Waals surface area (Å²) in [5, 5.41) is -0.229. The molecule has 9 heteroatoms. The molecule has 0 saturated carbocycles. The van der Waals surface area contributed by atoms with Gasteiger partial charge in [-0.25, -0.2) is 17.2 Å². The van der Waals surface area contributed by atoms with Crippen molar-refractivity contribution in [2.45, 2.75) is 4.90 Å². The van der Waals surface area contributed by atoms with Crippen LogP contribution in [0.4, 0.5) is 20.2 Å². The Balaban J connectivity index is 2.48. The highest BCUT2D eigenvalue weighted by Crippen LogP contribution is 2.30. The van der Waals surface area contributed by atoms with Gasteiger partial charge in [0.15, 0.2) is 5.82 Å². The summed E-state index contributed by atoms with van der Waals surface area (Å²) in [6.45, 7) is 0. The van der Waals surface area contributed by atoms with Crippen LogP contribution in [-0.2, 0) is 10.0 Å². The first kappa shape index (κ1) is 16.0. The second-order valence-electron chi connectivity index (χ2n) is 4.01. The lowest BCUT2D eigenvalue weighted by Crippen LogP contribution is -2.15. The van der Waals surface area contributed by atoms with E-state index in [0.717, 1.165) is 12.1 Å². The minimum Gasteiger partial charge on any atom is -0.396 e. The van der Waals surface area contributed by atoms with Crippen molar-refractivity contribution >= 4 is 48.9 Å². The molecule has 2 rings (SSSR count). The fourth-order valence-corrected chi connectivity index (χ4v) is 3.82. The van der Waals surface area contributed by atoms with Gasteiger partial charge in [0.25, 0.3) is 10.0 Å². The van der Waals surface area contributed by atoms with Gasteiger partial charge in [-0.2, -0.15) is 0 Å². The van der Waals surface area contributed by atoms with Crippen LogP contribution >= 0.6 is 27.5 Å². The number of nitrogen functional groups attached to an aromatic ring is 1. The number of rotatable bonds is 3. The highest BCUT2D eigenvalue weighted by Gasteiger charge is 2.21. The lowest BCUT2D eigenvalue weighted by atomic mass is 10.3. The second kappa shape index (κ2) is 5.78. The van der Waals surface area contributed by atoms with Crippen molar-refractivity contribution in [3.05, 3.63) is 51.5 Å². The van der Waals surface area contributed by atoms with Crippen LogP contribution in [0.15, 0.2) is 39.7 Å². The van der Waals surface area contributed by atoms with Gasteiger partial charge in [-0.1, -0.05) is 17.7 Å². The molecule has 0 unspecified atom stereocenters. The first-order valence-electron chi connectivity index (χ1n) is 5.43. The third-order valence-electron chi connectivity index (χ3n) is 2.54. The van der Waals surface area contributed by atoms with Gasteiger partial charge in [0, 0.05) is 4.47 Å². The predicted octanol–water partition coefficient (Wildman–Crippen LogP) is 3.76. The van der Waals surface area contributed by atoms with Crippen LogP contribution < -0.4 is 10.5 Å². The molecule has 0 atom stereocenters. The highest BCUT2D eigenvalue weighted by atomic mass is 79.9. The minimum absolute atomic E-state index is 0.0378. The Kier molecular flexibility index (Phi) is 4.40. The first-order chi connectivity index (χ1) is 9.72. The second-order valence-corrected chi connectivity index (χ2v) is 6.92. The normalized spacial score (nSPS) is 11.4. The molecule has 0 aromatic heterocycles. The van der Waals surface area contributed by atoms with Crippen LogP contribution in [0.3, 0.4) is 0 Å². The molecule has 0 radical (unpaired) electrons. The van der Waals surface area contributed by atoms with E-state index in [9.17, 15) is 17.2 Å². The topological polar surface area (TPSA) is 72.2 Å². The van der Waals surface area contributed by atoms with Gasteiger partial charge in [-0.15, -0.1) is 0 Å². The summed E-state index contributed by atoms with van der Waals surface area (Å²) >= 11 is 8.51. The summed E-state index contributed by atoms with van der Waals surface area (Å²) in [5.74, 6) is -1.68. The van der Waals surface area contributed by atoms with Crippen molar-refractivity contribution in [2.75, 3.05) is 10.5 Å². The first-order valence-corrected chi connectivity index (χ1v) is 8.09. The van der Waals surface area contributed by atoms with Crippen LogP contribution in [0.2, 0.25) is 5.02 Å². The van der Waals surface area contributed by atoms with E-state index in [0.29, 0.717) is 0 Å². The Morgan fingerprint density at radius 2 is 1.90 bits per heavy atom. The van der Waals surface area contributed by atoms with Crippen LogP contribution in [0.5, 0.6) is 0 Å². The number of hydrogen-bond donors (Lipinski definition) is 2. The summed E-state index contributed by atoms with van der Waals surface area (Å²) in [5.41, 5.74) is 4.69. The van der Waals surface area contributed by atoms with Crippen molar-refractivity contribution in [2.24, 2.45) is 0 Å². The lowest BCUT2D eigenvalue weighted by molar-refractivity contribution is 0.597. The van der Waals surface area contributed by atoms with E-state index < -0.39 is 21.7 Å². The zero-order valence-electron chi connectivity index (χ0n) is 10.2. The number of halogens is 4. The predicted molar refractivity (Wildman–Crippen MR) is 80.7 cm³/mol. The van der Waals surface area contributed by atoms with Crippen LogP contribution in [0.25, 0.3) is 0 Å². The van der Waals surface area contributed by atoms with Crippen molar-refractivity contribution in [1.82, 2.24) is 0 Å². The number of nitrogens with two attached hydrogens (primary N) is 1. The number of sulfonamides is 1. The van der Waals surface area contributed by atoms with Gasteiger partial charge in [0.1, 0.15) is 10.7 Å². The summed E-state index contributed by atoms with van der Waals surface area (Å²) in [6, 6.07) is 5.72. The molecule has 112 valence electrons. The summed E-state index contributed by atoms with van der Waals surface area (Å²) < 4.78 is 53.4. The molecule has 4 nitrogen and oxygen atoms in total. The van der Waals surface area contributed by atoms with Gasteiger partial charge in [-0.3, -0.25) is 4.72 Å². The molecule has 0 saturated heterocycles. The molecule has 0 bridgehead atoms. The van der Waals surface area contributed by atoms with E-state index >= 15 is 0 Å². The fraction of sp³-hybridized carbons (Fsp3) is 0. The van der Waals surface area contributed by atoms with Crippen molar-refractivity contribution in [3.63, 3.8) is 0 Å². The van der Waals surface area contributed by atoms with Gasteiger partial charge in [0.2, 0.25) is 0 Å². The molecule has 2 aromatic rings. The third kappa shape index (κ3) is 3.28. The van der Waals surface area contributed by atoms with Crippen LogP contribution in [0.1, 0.15) is 0 Å². The van der Waals surface area contributed by atoms with E-state index in [2.05, 4.69) is 15.9 Å². The average Bonchev–Trinajstić information content (AvgIpc) is 2.39. The summed E-state index contributed by atoms with van der Waals surface area (Å²) in [4.78, 5) is -0.319. The molecular weight excluding hydrogens is 390 g/mol. The maximum atomic E-state index is 13.7. The smallest absolute Gasteiger partial charge is 0.263 e. The van der Waals surface area contributed by atoms with E-state index in [-0.39, 0.29) is 25.8 Å².